The van der Waals surface area contributed by atoms with E-state index in [-0.39, 0.29) is 45.5 Å². The molecule has 0 saturated carbocycles. The van der Waals surface area contributed by atoms with Gasteiger partial charge < -0.3 is 0 Å². The Balaban J connectivity index is -0.000000107. The molecule has 11 heteroatoms. The van der Waals surface area contributed by atoms with Crippen LogP contribution in [-0.2, 0) is 0 Å². The van der Waals surface area contributed by atoms with Crippen LogP contribution in [0.1, 0.15) is 0 Å². The van der Waals surface area contributed by atoms with E-state index in [0.717, 1.165) is 0 Å². The first-order valence-corrected chi connectivity index (χ1v) is 3.70. The Hall–Kier alpha value is 1.74. The van der Waals surface area contributed by atoms with E-state index in [1.54, 1.807) is 0 Å². The molecule has 11 heavy (non-hydrogen) atoms. The van der Waals surface area contributed by atoms with E-state index in [4.69, 9.17) is 37.3 Å². The summed E-state index contributed by atoms with van der Waals surface area (Å²) in [6.45, 7) is 0. The molecule has 0 spiro atoms. The Morgan fingerprint density at radius 3 is 0.455 bits per heavy atom. The number of hydrogen-bond acceptors (Lipinski definition) is 8. The van der Waals surface area contributed by atoms with Crippen molar-refractivity contribution in [2.75, 3.05) is 0 Å². The van der Waals surface area contributed by atoms with Gasteiger partial charge in [0.2, 0.25) is 0 Å². The second-order valence-corrected chi connectivity index (χ2v) is 2.27. The van der Waals surface area contributed by atoms with Gasteiger partial charge in [0.15, 0.2) is 0 Å². The Bertz CT molecular complexity index is 55.1. The van der Waals surface area contributed by atoms with Gasteiger partial charge in [0, 0.05) is 0 Å². The van der Waals surface area contributed by atoms with Crippen molar-refractivity contribution >= 4 is 45.5 Å². The van der Waals surface area contributed by atoms with E-state index < -0.39 is 20.5 Å². The van der Waals surface area contributed by atoms with Crippen LogP contribution < -0.4 is 37.3 Å². The molecule has 0 aromatic heterocycles. The molecule has 0 heterocycles. The maximum atomic E-state index is 8.49. The molecule has 0 aromatic carbocycles. The number of hydrogen-bond donors (Lipinski definition) is 0. The molecule has 0 aromatic rings. The van der Waals surface area contributed by atoms with Crippen molar-refractivity contribution in [3.8, 4) is 0 Å². The van der Waals surface area contributed by atoms with Crippen LogP contribution in [0.2, 0.25) is 0 Å². The minimum absolute atomic E-state index is 0. The quantitative estimate of drug-likeness (QED) is 0.392. The fraction of sp³-hybridized carbons (Fsp3) is 0. The topological polar surface area (TPSA) is 184 Å². The van der Waals surface area contributed by atoms with Crippen LogP contribution in [0, 0.1) is 20.5 Å². The van der Waals surface area contributed by atoms with Crippen molar-refractivity contribution in [1.29, 1.82) is 0 Å². The smallest absolute Gasteiger partial charge is 0.222 e. The minimum Gasteiger partial charge on any atom is -0.222 e. The number of rotatable bonds is 0. The van der Waals surface area contributed by atoms with Crippen molar-refractivity contribution in [2.45, 2.75) is 0 Å². The average Bonchev–Trinajstić information content (AvgIpc) is 1.12. The van der Waals surface area contributed by atoms with Gasteiger partial charge in [0.05, 0.1) is 0 Å². The second-order valence-electron chi connectivity index (χ2n) is 0.756. The van der Waals surface area contributed by atoms with E-state index in [1.165, 1.54) is 0 Å². The standard InChI is InChI=1S/2ClHO4.Sr/c2*2-1(3,4)5;/h2*(H,2,3,4,5);/q;;+2/p-2. The zero-order valence-electron chi connectivity index (χ0n) is 4.73. The van der Waals surface area contributed by atoms with Gasteiger partial charge in [-0.15, -0.1) is 20.5 Å². The van der Waals surface area contributed by atoms with Crippen molar-refractivity contribution in [3.63, 3.8) is 0 Å². The first-order chi connectivity index (χ1) is 4.00. The first-order valence-electron chi connectivity index (χ1n) is 1.23. The fourth-order valence-electron chi connectivity index (χ4n) is 0. The molecular formula is Cl2O8Sr. The summed E-state index contributed by atoms with van der Waals surface area (Å²) >= 11 is 0. The van der Waals surface area contributed by atoms with Crippen LogP contribution in [0.5, 0.6) is 0 Å². The Kier molecular flexibility index (Phi) is 12.1. The fourth-order valence-corrected chi connectivity index (χ4v) is 0. The van der Waals surface area contributed by atoms with E-state index in [1.807, 2.05) is 0 Å². The minimum atomic E-state index is -4.94. The van der Waals surface area contributed by atoms with E-state index >= 15 is 0 Å². The van der Waals surface area contributed by atoms with Crippen LogP contribution in [-0.4, -0.2) is 45.5 Å². The van der Waals surface area contributed by atoms with Gasteiger partial charge in [-0.1, -0.05) is 0 Å². The van der Waals surface area contributed by atoms with Gasteiger partial charge in [0.25, 0.3) is 0 Å². The molecule has 0 atom stereocenters. The number of halogens is 2. The van der Waals surface area contributed by atoms with Crippen LogP contribution in [0.3, 0.4) is 0 Å². The maximum Gasteiger partial charge on any atom is 2.00 e. The van der Waals surface area contributed by atoms with Crippen LogP contribution >= 0.6 is 0 Å². The molecule has 0 rings (SSSR count). The molecule has 0 aliphatic carbocycles. The molecule has 0 aliphatic heterocycles. The van der Waals surface area contributed by atoms with Crippen LogP contribution in [0.4, 0.5) is 0 Å². The summed E-state index contributed by atoms with van der Waals surface area (Å²) in [5.74, 6) is 0. The zero-order valence-corrected chi connectivity index (χ0v) is 9.72. The average molecular weight is 287 g/mol. The largest absolute Gasteiger partial charge is 2.00 e. The summed E-state index contributed by atoms with van der Waals surface area (Å²) in [6, 6.07) is 0. The predicted molar refractivity (Wildman–Crippen MR) is 5.75 cm³/mol. The molecule has 0 amide bonds. The molecule has 8 nitrogen and oxygen atoms in total. The molecule has 0 aliphatic rings. The summed E-state index contributed by atoms with van der Waals surface area (Å²) in [6.07, 6.45) is 0. The summed E-state index contributed by atoms with van der Waals surface area (Å²) in [5, 5.41) is 0. The maximum absolute atomic E-state index is 8.49. The molecular weight excluding hydrogens is 287 g/mol. The summed E-state index contributed by atoms with van der Waals surface area (Å²) in [5.41, 5.74) is 0. The molecule has 0 N–H and O–H groups in total. The van der Waals surface area contributed by atoms with Crippen LogP contribution in [0.15, 0.2) is 0 Å². The summed E-state index contributed by atoms with van der Waals surface area (Å²) in [7, 11) is -9.89. The third kappa shape index (κ3) is 368. The Morgan fingerprint density at radius 1 is 0.455 bits per heavy atom. The predicted octanol–water partition coefficient (Wildman–Crippen LogP) is -9.89. The SMILES string of the molecule is [O-][Cl+3]([O-])([O-])[O-].[O-][Cl+3]([O-])([O-])[O-].[Sr+2]. The molecule has 0 radical (unpaired) electrons. The third-order valence-electron chi connectivity index (χ3n) is 0. The summed E-state index contributed by atoms with van der Waals surface area (Å²) in [4.78, 5) is 0. The monoisotopic (exact) mass is 286 g/mol. The molecule has 0 unspecified atom stereocenters. The molecule has 64 valence electrons. The van der Waals surface area contributed by atoms with Crippen molar-refractivity contribution in [3.05, 3.63) is 0 Å². The second kappa shape index (κ2) is 7.17. The van der Waals surface area contributed by atoms with Gasteiger partial charge in [-0.25, -0.2) is 37.3 Å². The van der Waals surface area contributed by atoms with Crippen molar-refractivity contribution in [2.24, 2.45) is 0 Å². The van der Waals surface area contributed by atoms with Gasteiger partial charge in [-0.3, -0.25) is 0 Å². The molecule has 0 saturated heterocycles. The normalized spacial score (nSPS) is 10.9. The van der Waals surface area contributed by atoms with Gasteiger partial charge >= 0.3 is 45.5 Å². The van der Waals surface area contributed by atoms with E-state index in [9.17, 15) is 0 Å². The van der Waals surface area contributed by atoms with Gasteiger partial charge in [-0.05, 0) is 0 Å². The van der Waals surface area contributed by atoms with Crippen LogP contribution in [0.25, 0.3) is 0 Å². The van der Waals surface area contributed by atoms with Gasteiger partial charge in [0.1, 0.15) is 0 Å². The van der Waals surface area contributed by atoms with E-state index in [0.29, 0.717) is 0 Å². The molecule has 0 fully saturated rings. The molecule has 0 bridgehead atoms. The summed E-state index contributed by atoms with van der Waals surface area (Å²) < 4.78 is 67.9. The van der Waals surface area contributed by atoms with Gasteiger partial charge in [-0.2, -0.15) is 0 Å². The van der Waals surface area contributed by atoms with Crippen molar-refractivity contribution in [1.82, 2.24) is 0 Å². The zero-order chi connectivity index (χ0) is 9.00. The van der Waals surface area contributed by atoms with E-state index in [2.05, 4.69) is 0 Å². The Labute approximate surface area is 102 Å². The Morgan fingerprint density at radius 2 is 0.455 bits per heavy atom. The first kappa shape index (κ1) is 18.5. The third-order valence-corrected chi connectivity index (χ3v) is 0. The van der Waals surface area contributed by atoms with Crippen molar-refractivity contribution < 1.29 is 57.8 Å².